The number of benzene rings is 3. The van der Waals surface area contributed by atoms with E-state index >= 15 is 0 Å². The van der Waals surface area contributed by atoms with Crippen molar-refractivity contribution in [3.8, 4) is 5.75 Å². The van der Waals surface area contributed by atoms with Crippen LogP contribution in [0.5, 0.6) is 5.75 Å². The molecule has 0 saturated carbocycles. The Labute approximate surface area is 186 Å². The van der Waals surface area contributed by atoms with Crippen LogP contribution in [0.3, 0.4) is 0 Å². The molecule has 32 heavy (non-hydrogen) atoms. The molecule has 0 bridgehead atoms. The van der Waals surface area contributed by atoms with Crippen LogP contribution in [0.2, 0.25) is 0 Å². The van der Waals surface area contributed by atoms with Crippen molar-refractivity contribution in [3.05, 3.63) is 78.9 Å². The molecule has 3 aromatic carbocycles. The van der Waals surface area contributed by atoms with E-state index in [0.29, 0.717) is 12.2 Å². The normalized spacial score (nSPS) is 14.4. The minimum atomic E-state index is -1.80. The van der Waals surface area contributed by atoms with Crippen LogP contribution in [0.15, 0.2) is 78.9 Å². The standard InChI is InChI=1S/C22H21N7O2S/c1-16(28-20-13-7-5-11-18(20)23-26-28)15-22(25-32(30)31-17-9-3-2-4-10-17)29-21-14-8-6-12-19(21)24-27-29/h2-14,16,22,25H,15H2,1H3. The average Bonchev–Trinajstić information content (AvgIpc) is 3.44. The number of aromatic nitrogens is 6. The molecule has 2 aromatic heterocycles. The monoisotopic (exact) mass is 447 g/mol. The van der Waals surface area contributed by atoms with Gasteiger partial charge >= 0.3 is 0 Å². The van der Waals surface area contributed by atoms with Gasteiger partial charge in [-0.05, 0) is 43.3 Å². The van der Waals surface area contributed by atoms with E-state index in [0.717, 1.165) is 22.1 Å². The third kappa shape index (κ3) is 4.10. The Kier molecular flexibility index (Phi) is 5.61. The summed E-state index contributed by atoms with van der Waals surface area (Å²) in [4.78, 5) is 0. The molecular formula is C22H21N7O2S. The number of para-hydroxylation sites is 3. The summed E-state index contributed by atoms with van der Waals surface area (Å²) in [5, 5.41) is 17.1. The van der Waals surface area contributed by atoms with Gasteiger partial charge in [-0.1, -0.05) is 52.9 Å². The number of rotatable bonds is 8. The van der Waals surface area contributed by atoms with E-state index < -0.39 is 17.4 Å². The van der Waals surface area contributed by atoms with Crippen molar-refractivity contribution in [2.75, 3.05) is 0 Å². The fraction of sp³-hybridized carbons (Fsp3) is 0.182. The van der Waals surface area contributed by atoms with Crippen LogP contribution in [0, 0.1) is 0 Å². The van der Waals surface area contributed by atoms with Crippen molar-refractivity contribution in [2.24, 2.45) is 0 Å². The molecule has 0 aliphatic heterocycles. The Morgan fingerprint density at radius 1 is 0.844 bits per heavy atom. The lowest BCUT2D eigenvalue weighted by atomic mass is 10.2. The smallest absolute Gasteiger partial charge is 0.289 e. The number of nitrogens with one attached hydrogen (secondary N) is 1. The van der Waals surface area contributed by atoms with Gasteiger partial charge in [-0.2, -0.15) is 8.93 Å². The SMILES string of the molecule is CC(CC(NS(=O)Oc1ccccc1)n1nnc2ccccc21)n1nnc2ccccc21. The summed E-state index contributed by atoms with van der Waals surface area (Å²) >= 11 is -1.80. The van der Waals surface area contributed by atoms with Gasteiger partial charge in [-0.15, -0.1) is 10.2 Å². The summed E-state index contributed by atoms with van der Waals surface area (Å²) in [7, 11) is 0. The summed E-state index contributed by atoms with van der Waals surface area (Å²) in [5.74, 6) is 0.510. The highest BCUT2D eigenvalue weighted by atomic mass is 32.2. The minimum absolute atomic E-state index is 0.0726. The Hall–Kier alpha value is -3.63. The van der Waals surface area contributed by atoms with Gasteiger partial charge in [0.15, 0.2) is 0 Å². The van der Waals surface area contributed by atoms with Gasteiger partial charge in [0, 0.05) is 6.42 Å². The molecule has 0 radical (unpaired) electrons. The molecule has 0 aliphatic rings. The summed E-state index contributed by atoms with van der Waals surface area (Å²) in [5.41, 5.74) is 3.35. The molecule has 0 fully saturated rings. The second-order valence-electron chi connectivity index (χ2n) is 7.39. The molecule has 5 aromatic rings. The summed E-state index contributed by atoms with van der Waals surface area (Å²) < 4.78 is 25.0. The molecule has 0 spiro atoms. The Bertz CT molecular complexity index is 1370. The fourth-order valence-electron chi connectivity index (χ4n) is 3.65. The Morgan fingerprint density at radius 2 is 1.41 bits per heavy atom. The van der Waals surface area contributed by atoms with Crippen molar-refractivity contribution in [1.82, 2.24) is 34.7 Å². The van der Waals surface area contributed by atoms with Crippen LogP contribution in [-0.4, -0.2) is 34.2 Å². The van der Waals surface area contributed by atoms with E-state index in [2.05, 4.69) is 25.3 Å². The van der Waals surface area contributed by atoms with Crippen LogP contribution in [-0.2, 0) is 11.3 Å². The van der Waals surface area contributed by atoms with Gasteiger partial charge in [0.25, 0.3) is 11.3 Å². The zero-order valence-electron chi connectivity index (χ0n) is 17.3. The van der Waals surface area contributed by atoms with E-state index in [1.807, 2.05) is 78.3 Å². The number of fused-ring (bicyclic) bond motifs is 2. The van der Waals surface area contributed by atoms with Crippen LogP contribution in [0.4, 0.5) is 0 Å². The van der Waals surface area contributed by atoms with Crippen LogP contribution in [0.1, 0.15) is 25.6 Å². The zero-order valence-corrected chi connectivity index (χ0v) is 18.1. The molecule has 0 amide bonds. The maximum Gasteiger partial charge on any atom is 0.289 e. The largest absolute Gasteiger partial charge is 0.389 e. The maximum absolute atomic E-state index is 12.8. The predicted molar refractivity (Wildman–Crippen MR) is 122 cm³/mol. The molecule has 10 heteroatoms. The number of nitrogens with zero attached hydrogens (tertiary/aromatic N) is 6. The van der Waals surface area contributed by atoms with Gasteiger partial charge in [-0.3, -0.25) is 0 Å². The second-order valence-corrected chi connectivity index (χ2v) is 8.27. The van der Waals surface area contributed by atoms with Crippen molar-refractivity contribution in [3.63, 3.8) is 0 Å². The van der Waals surface area contributed by atoms with Gasteiger partial charge < -0.3 is 4.18 Å². The van der Waals surface area contributed by atoms with Crippen LogP contribution >= 0.6 is 0 Å². The molecule has 5 rings (SSSR count). The number of hydrogen-bond donors (Lipinski definition) is 1. The molecule has 1 N–H and O–H groups in total. The van der Waals surface area contributed by atoms with Crippen molar-refractivity contribution in [1.29, 1.82) is 0 Å². The summed E-state index contributed by atoms with van der Waals surface area (Å²) in [6, 6.07) is 24.4. The first-order valence-electron chi connectivity index (χ1n) is 10.2. The molecule has 0 saturated heterocycles. The first-order chi connectivity index (χ1) is 15.7. The van der Waals surface area contributed by atoms with Gasteiger partial charge in [0.05, 0.1) is 17.1 Å². The lowest BCUT2D eigenvalue weighted by Gasteiger charge is -2.22. The topological polar surface area (TPSA) is 99.8 Å². The quantitative estimate of drug-likeness (QED) is 0.390. The summed E-state index contributed by atoms with van der Waals surface area (Å²) in [6.45, 7) is 2.04. The first kappa shape index (κ1) is 20.3. The highest BCUT2D eigenvalue weighted by Gasteiger charge is 2.23. The summed E-state index contributed by atoms with van der Waals surface area (Å²) in [6.07, 6.45) is 0.0508. The van der Waals surface area contributed by atoms with Gasteiger partial charge in [0.1, 0.15) is 22.9 Å². The van der Waals surface area contributed by atoms with E-state index in [4.69, 9.17) is 4.18 Å². The van der Waals surface area contributed by atoms with E-state index in [1.54, 1.807) is 16.8 Å². The van der Waals surface area contributed by atoms with Gasteiger partial charge in [0.2, 0.25) is 0 Å². The molecule has 0 aliphatic carbocycles. The maximum atomic E-state index is 12.8. The Morgan fingerprint density at radius 3 is 2.09 bits per heavy atom. The van der Waals surface area contributed by atoms with Crippen molar-refractivity contribution in [2.45, 2.75) is 25.6 Å². The predicted octanol–water partition coefficient (Wildman–Crippen LogP) is 3.57. The molecule has 9 nitrogen and oxygen atoms in total. The molecule has 162 valence electrons. The average molecular weight is 448 g/mol. The third-order valence-corrected chi connectivity index (χ3v) is 5.99. The first-order valence-corrected chi connectivity index (χ1v) is 11.3. The van der Waals surface area contributed by atoms with Crippen molar-refractivity contribution < 1.29 is 8.39 Å². The number of hydrogen-bond acceptors (Lipinski definition) is 6. The minimum Gasteiger partial charge on any atom is -0.389 e. The lowest BCUT2D eigenvalue weighted by molar-refractivity contribution is 0.325. The lowest BCUT2D eigenvalue weighted by Crippen LogP contribution is -2.33. The third-order valence-electron chi connectivity index (χ3n) is 5.18. The van der Waals surface area contributed by atoms with E-state index in [9.17, 15) is 4.21 Å². The van der Waals surface area contributed by atoms with Crippen molar-refractivity contribution >= 4 is 33.3 Å². The Balaban J connectivity index is 1.44. The molecule has 3 atom stereocenters. The molecule has 3 unspecified atom stereocenters. The molecule has 2 heterocycles. The van der Waals surface area contributed by atoms with Gasteiger partial charge in [-0.25, -0.2) is 9.36 Å². The van der Waals surface area contributed by atoms with E-state index in [1.165, 1.54) is 0 Å². The highest BCUT2D eigenvalue weighted by Crippen LogP contribution is 2.25. The zero-order chi connectivity index (χ0) is 21.9. The van der Waals surface area contributed by atoms with Crippen LogP contribution in [0.25, 0.3) is 22.1 Å². The molecular weight excluding hydrogens is 426 g/mol. The fourth-order valence-corrected chi connectivity index (χ4v) is 4.40. The van der Waals surface area contributed by atoms with Crippen LogP contribution < -0.4 is 8.91 Å². The highest BCUT2D eigenvalue weighted by molar-refractivity contribution is 7.78. The second kappa shape index (κ2) is 8.85. The van der Waals surface area contributed by atoms with E-state index in [-0.39, 0.29) is 6.04 Å².